The van der Waals surface area contributed by atoms with Gasteiger partial charge in [-0.3, -0.25) is 0 Å². The van der Waals surface area contributed by atoms with Crippen LogP contribution in [0.15, 0.2) is 16.6 Å². The van der Waals surface area contributed by atoms with E-state index in [1.165, 1.54) is 0 Å². The minimum atomic E-state index is 0.0404. The van der Waals surface area contributed by atoms with E-state index >= 15 is 0 Å². The van der Waals surface area contributed by atoms with Gasteiger partial charge in [0.1, 0.15) is 0 Å². The highest BCUT2D eigenvalue weighted by molar-refractivity contribution is 9.10. The van der Waals surface area contributed by atoms with E-state index in [4.69, 9.17) is 15.2 Å². The van der Waals surface area contributed by atoms with Crippen LogP contribution in [0.1, 0.15) is 25.3 Å². The molecular weight excluding hydrogens is 282 g/mol. The Bertz CT molecular complexity index is 428. The number of ether oxygens (including phenoxy) is 2. The fourth-order valence-corrected chi connectivity index (χ4v) is 3.14. The van der Waals surface area contributed by atoms with Crippen LogP contribution in [0.25, 0.3) is 0 Å². The average Bonchev–Trinajstić information content (AvgIpc) is 3.09. The van der Waals surface area contributed by atoms with E-state index in [9.17, 15) is 0 Å². The second-order valence-corrected chi connectivity index (χ2v) is 5.46. The van der Waals surface area contributed by atoms with Gasteiger partial charge in [0, 0.05) is 21.5 Å². The summed E-state index contributed by atoms with van der Waals surface area (Å²) in [5.74, 6) is 1.56. The summed E-state index contributed by atoms with van der Waals surface area (Å²) >= 11 is 3.60. The monoisotopic (exact) mass is 299 g/mol. The Morgan fingerprint density at radius 3 is 2.35 bits per heavy atom. The molecule has 2 N–H and O–H groups in total. The molecule has 1 atom stereocenters. The van der Waals surface area contributed by atoms with Crippen LogP contribution in [0.4, 0.5) is 0 Å². The Balaban J connectivity index is 2.59. The number of benzene rings is 1. The van der Waals surface area contributed by atoms with Gasteiger partial charge >= 0.3 is 0 Å². The summed E-state index contributed by atoms with van der Waals surface area (Å²) < 4.78 is 11.9. The first kappa shape index (κ1) is 12.7. The van der Waals surface area contributed by atoms with Gasteiger partial charge in [0.25, 0.3) is 0 Å². The summed E-state index contributed by atoms with van der Waals surface area (Å²) in [7, 11) is 3.33. The number of hydrogen-bond donors (Lipinski definition) is 1. The maximum Gasteiger partial charge on any atom is 0.165 e. The highest BCUT2D eigenvalue weighted by atomic mass is 79.9. The maximum absolute atomic E-state index is 6.13. The van der Waals surface area contributed by atoms with Gasteiger partial charge < -0.3 is 15.2 Å². The van der Waals surface area contributed by atoms with Crippen LogP contribution in [0.3, 0.4) is 0 Å². The Hall–Kier alpha value is -0.740. The minimum absolute atomic E-state index is 0.0404. The highest BCUT2D eigenvalue weighted by Crippen LogP contribution is 2.57. The lowest BCUT2D eigenvalue weighted by Crippen LogP contribution is -2.32. The lowest BCUT2D eigenvalue weighted by molar-refractivity contribution is 0.345. The van der Waals surface area contributed by atoms with Crippen molar-refractivity contribution in [3.8, 4) is 11.5 Å². The van der Waals surface area contributed by atoms with Gasteiger partial charge in [-0.25, -0.2) is 0 Å². The summed E-state index contributed by atoms with van der Waals surface area (Å²) in [6.45, 7) is 2.05. The van der Waals surface area contributed by atoms with Crippen LogP contribution in [0, 0.1) is 0 Å². The molecule has 1 aliphatic carbocycles. The zero-order valence-corrected chi connectivity index (χ0v) is 12.0. The van der Waals surface area contributed by atoms with Crippen molar-refractivity contribution in [2.75, 3.05) is 14.2 Å². The maximum atomic E-state index is 6.13. The quantitative estimate of drug-likeness (QED) is 0.930. The first-order chi connectivity index (χ1) is 8.06. The molecule has 0 saturated heterocycles. The van der Waals surface area contributed by atoms with Crippen molar-refractivity contribution in [2.24, 2.45) is 5.73 Å². The predicted molar refractivity (Wildman–Crippen MR) is 71.8 cm³/mol. The van der Waals surface area contributed by atoms with E-state index in [1.807, 2.05) is 12.1 Å². The molecule has 0 spiro atoms. The Kier molecular flexibility index (Phi) is 3.36. The van der Waals surface area contributed by atoms with Gasteiger partial charge in [0.2, 0.25) is 0 Å². The third kappa shape index (κ3) is 1.93. The first-order valence-electron chi connectivity index (χ1n) is 5.73. The topological polar surface area (TPSA) is 44.5 Å². The normalized spacial score (nSPS) is 18.6. The van der Waals surface area contributed by atoms with Gasteiger partial charge in [-0.1, -0.05) is 15.9 Å². The number of hydrogen-bond acceptors (Lipinski definition) is 3. The first-order valence-corrected chi connectivity index (χ1v) is 6.52. The van der Waals surface area contributed by atoms with Crippen molar-refractivity contribution in [3.63, 3.8) is 0 Å². The molecule has 0 radical (unpaired) electrons. The number of halogens is 1. The highest BCUT2D eigenvalue weighted by Gasteiger charge is 2.50. The summed E-state index contributed by atoms with van der Waals surface area (Å²) in [5, 5.41) is 0. The lowest BCUT2D eigenvalue weighted by atomic mass is 9.88. The molecular formula is C13H18BrNO2. The van der Waals surface area contributed by atoms with Crippen LogP contribution in [0.2, 0.25) is 0 Å². The summed E-state index contributed by atoms with van der Waals surface area (Å²) in [6, 6.07) is 4.02. The predicted octanol–water partition coefficient (Wildman–Crippen LogP) is 2.85. The summed E-state index contributed by atoms with van der Waals surface area (Å²) in [5.41, 5.74) is 7.32. The third-order valence-corrected chi connectivity index (χ3v) is 4.31. The zero-order valence-electron chi connectivity index (χ0n) is 10.4. The fraction of sp³-hybridized carbons (Fsp3) is 0.538. The fourth-order valence-electron chi connectivity index (χ4n) is 2.43. The van der Waals surface area contributed by atoms with E-state index < -0.39 is 0 Å². The second kappa shape index (κ2) is 4.50. The molecule has 1 unspecified atom stereocenters. The number of methoxy groups -OCH3 is 2. The standard InChI is InChI=1S/C13H18BrNO2/c1-8(15)13(6-7-13)11-9(14)4-5-10(16-2)12(11)17-3/h4-5,8H,6-7,15H2,1-3H3. The van der Waals surface area contributed by atoms with Gasteiger partial charge in [-0.05, 0) is 31.9 Å². The van der Waals surface area contributed by atoms with Crippen molar-refractivity contribution in [1.82, 2.24) is 0 Å². The molecule has 4 heteroatoms. The van der Waals surface area contributed by atoms with E-state index in [1.54, 1.807) is 14.2 Å². The molecule has 94 valence electrons. The zero-order chi connectivity index (χ0) is 12.6. The molecule has 1 fully saturated rings. The molecule has 17 heavy (non-hydrogen) atoms. The molecule has 1 aliphatic rings. The molecule has 0 aromatic heterocycles. The van der Waals surface area contributed by atoms with Crippen molar-refractivity contribution in [1.29, 1.82) is 0 Å². The van der Waals surface area contributed by atoms with E-state index in [0.29, 0.717) is 0 Å². The molecule has 0 heterocycles. The van der Waals surface area contributed by atoms with Crippen LogP contribution < -0.4 is 15.2 Å². The molecule has 1 aromatic carbocycles. The van der Waals surface area contributed by atoms with Crippen molar-refractivity contribution in [2.45, 2.75) is 31.2 Å². The van der Waals surface area contributed by atoms with Crippen LogP contribution in [0.5, 0.6) is 11.5 Å². The summed E-state index contributed by atoms with van der Waals surface area (Å²) in [4.78, 5) is 0. The van der Waals surface area contributed by atoms with Crippen molar-refractivity contribution >= 4 is 15.9 Å². The van der Waals surface area contributed by atoms with E-state index in [0.717, 1.165) is 34.4 Å². The molecule has 0 amide bonds. The van der Waals surface area contributed by atoms with Crippen molar-refractivity contribution < 1.29 is 9.47 Å². The van der Waals surface area contributed by atoms with Gasteiger partial charge in [0.05, 0.1) is 14.2 Å². The smallest absolute Gasteiger partial charge is 0.165 e. The van der Waals surface area contributed by atoms with E-state index in [-0.39, 0.29) is 11.5 Å². The largest absolute Gasteiger partial charge is 0.493 e. The Morgan fingerprint density at radius 1 is 1.29 bits per heavy atom. The Labute approximate surface area is 110 Å². The van der Waals surface area contributed by atoms with Gasteiger partial charge in [0.15, 0.2) is 11.5 Å². The van der Waals surface area contributed by atoms with Crippen LogP contribution in [-0.2, 0) is 5.41 Å². The van der Waals surface area contributed by atoms with Crippen LogP contribution in [-0.4, -0.2) is 20.3 Å². The summed E-state index contributed by atoms with van der Waals surface area (Å²) in [6.07, 6.45) is 2.21. The lowest BCUT2D eigenvalue weighted by Gasteiger charge is -2.25. The molecule has 0 aliphatic heterocycles. The third-order valence-electron chi connectivity index (χ3n) is 3.65. The minimum Gasteiger partial charge on any atom is -0.493 e. The molecule has 1 aromatic rings. The molecule has 0 bridgehead atoms. The molecule has 1 saturated carbocycles. The van der Waals surface area contributed by atoms with E-state index in [2.05, 4.69) is 22.9 Å². The Morgan fingerprint density at radius 2 is 1.94 bits per heavy atom. The molecule has 3 nitrogen and oxygen atoms in total. The molecule has 2 rings (SSSR count). The van der Waals surface area contributed by atoms with Gasteiger partial charge in [-0.2, -0.15) is 0 Å². The second-order valence-electron chi connectivity index (χ2n) is 4.60. The van der Waals surface area contributed by atoms with Crippen LogP contribution >= 0.6 is 15.9 Å². The number of nitrogens with two attached hydrogens (primary N) is 1. The van der Waals surface area contributed by atoms with Gasteiger partial charge in [-0.15, -0.1) is 0 Å². The SMILES string of the molecule is COc1ccc(Br)c(C2(C(C)N)CC2)c1OC. The average molecular weight is 300 g/mol. The van der Waals surface area contributed by atoms with Crippen molar-refractivity contribution in [3.05, 3.63) is 22.2 Å². The number of rotatable bonds is 4.